The molecule has 0 N–H and O–H groups in total. The maximum atomic E-state index is 4.25. The molecule has 1 rings (SSSR count). The van der Waals surface area contributed by atoms with Crippen LogP contribution in [0.1, 0.15) is 49.6 Å². The van der Waals surface area contributed by atoms with E-state index in [0.717, 1.165) is 11.4 Å². The van der Waals surface area contributed by atoms with Crippen LogP contribution in [0, 0.1) is 13.8 Å². The van der Waals surface area contributed by atoms with E-state index in [9.17, 15) is 0 Å². The Bertz CT molecular complexity index is 281. The van der Waals surface area contributed by atoms with E-state index in [2.05, 4.69) is 37.0 Å². The van der Waals surface area contributed by atoms with E-state index in [1.165, 1.54) is 18.4 Å². The van der Waals surface area contributed by atoms with Crippen molar-refractivity contribution in [2.75, 3.05) is 0 Å². The van der Waals surface area contributed by atoms with E-state index in [-0.39, 0.29) is 0 Å². The molecule has 0 saturated heterocycles. The lowest BCUT2D eigenvalue weighted by Gasteiger charge is -2.11. The maximum absolute atomic E-state index is 4.25. The number of hydrogen-bond donors (Lipinski definition) is 0. The first-order valence-electron chi connectivity index (χ1n) is 4.96. The lowest BCUT2D eigenvalue weighted by molar-refractivity contribution is 0.630. The molecule has 0 aliphatic carbocycles. The van der Waals surface area contributed by atoms with Crippen molar-refractivity contribution >= 4 is 0 Å². The Labute approximate surface area is 80.4 Å². The summed E-state index contributed by atoms with van der Waals surface area (Å²) in [5, 5.41) is 8.34. The van der Waals surface area contributed by atoms with Gasteiger partial charge in [-0.05, 0) is 31.9 Å². The molecule has 0 aliphatic heterocycles. The SMILES string of the molecule is CCCC(C)c1nnc(C)cc1C. The minimum Gasteiger partial charge on any atom is -0.156 e. The summed E-state index contributed by atoms with van der Waals surface area (Å²) < 4.78 is 0. The summed E-state index contributed by atoms with van der Waals surface area (Å²) in [5.41, 5.74) is 3.44. The van der Waals surface area contributed by atoms with Crippen molar-refractivity contribution in [2.24, 2.45) is 0 Å². The molecule has 0 spiro atoms. The summed E-state index contributed by atoms with van der Waals surface area (Å²) in [4.78, 5) is 0. The van der Waals surface area contributed by atoms with Crippen LogP contribution in [0.5, 0.6) is 0 Å². The Morgan fingerprint density at radius 2 is 2.00 bits per heavy atom. The van der Waals surface area contributed by atoms with Crippen molar-refractivity contribution in [1.82, 2.24) is 10.2 Å². The molecule has 72 valence electrons. The highest BCUT2D eigenvalue weighted by Crippen LogP contribution is 2.20. The topological polar surface area (TPSA) is 25.8 Å². The average molecular weight is 178 g/mol. The van der Waals surface area contributed by atoms with Gasteiger partial charge in [-0.2, -0.15) is 10.2 Å². The van der Waals surface area contributed by atoms with Crippen LogP contribution < -0.4 is 0 Å². The predicted molar refractivity (Wildman–Crippen MR) is 54.8 cm³/mol. The second kappa shape index (κ2) is 4.35. The number of nitrogens with zero attached hydrogens (tertiary/aromatic N) is 2. The molecule has 0 aliphatic rings. The summed E-state index contributed by atoms with van der Waals surface area (Å²) in [6, 6.07) is 2.11. The highest BCUT2D eigenvalue weighted by molar-refractivity contribution is 5.21. The van der Waals surface area contributed by atoms with Gasteiger partial charge in [0.05, 0.1) is 11.4 Å². The smallest absolute Gasteiger partial charge is 0.0688 e. The summed E-state index contributed by atoms with van der Waals surface area (Å²) >= 11 is 0. The van der Waals surface area contributed by atoms with Gasteiger partial charge in [-0.3, -0.25) is 0 Å². The fourth-order valence-corrected chi connectivity index (χ4v) is 1.68. The van der Waals surface area contributed by atoms with Gasteiger partial charge in [0.15, 0.2) is 0 Å². The van der Waals surface area contributed by atoms with Crippen LogP contribution in [0.3, 0.4) is 0 Å². The van der Waals surface area contributed by atoms with E-state index in [4.69, 9.17) is 0 Å². The van der Waals surface area contributed by atoms with Crippen molar-refractivity contribution in [3.63, 3.8) is 0 Å². The van der Waals surface area contributed by atoms with Crippen LogP contribution in [0.15, 0.2) is 6.07 Å². The lowest BCUT2D eigenvalue weighted by atomic mass is 9.98. The summed E-state index contributed by atoms with van der Waals surface area (Å²) in [6.07, 6.45) is 2.40. The summed E-state index contributed by atoms with van der Waals surface area (Å²) in [7, 11) is 0. The maximum Gasteiger partial charge on any atom is 0.0688 e. The molecule has 0 radical (unpaired) electrons. The molecule has 13 heavy (non-hydrogen) atoms. The van der Waals surface area contributed by atoms with Gasteiger partial charge < -0.3 is 0 Å². The highest BCUT2D eigenvalue weighted by Gasteiger charge is 2.09. The van der Waals surface area contributed by atoms with Gasteiger partial charge in [-0.15, -0.1) is 0 Å². The first kappa shape index (κ1) is 10.2. The van der Waals surface area contributed by atoms with Crippen molar-refractivity contribution in [1.29, 1.82) is 0 Å². The van der Waals surface area contributed by atoms with Gasteiger partial charge in [-0.25, -0.2) is 0 Å². The number of aryl methyl sites for hydroxylation is 2. The Morgan fingerprint density at radius 3 is 2.54 bits per heavy atom. The average Bonchev–Trinajstić information content (AvgIpc) is 2.04. The van der Waals surface area contributed by atoms with Gasteiger partial charge in [0.2, 0.25) is 0 Å². The normalized spacial score (nSPS) is 12.9. The largest absolute Gasteiger partial charge is 0.156 e. The molecule has 0 bridgehead atoms. The monoisotopic (exact) mass is 178 g/mol. The fraction of sp³-hybridized carbons (Fsp3) is 0.636. The van der Waals surface area contributed by atoms with Gasteiger partial charge in [-0.1, -0.05) is 20.3 Å². The summed E-state index contributed by atoms with van der Waals surface area (Å²) in [5.74, 6) is 0.540. The molecular weight excluding hydrogens is 160 g/mol. The van der Waals surface area contributed by atoms with Crippen molar-refractivity contribution in [3.8, 4) is 0 Å². The standard InChI is InChI=1S/C11H18N2/c1-5-6-8(2)11-9(3)7-10(4)12-13-11/h7-8H,5-6H2,1-4H3. The minimum absolute atomic E-state index is 0.540. The zero-order chi connectivity index (χ0) is 9.84. The van der Waals surface area contributed by atoms with Crippen molar-refractivity contribution in [2.45, 2.75) is 46.5 Å². The molecule has 1 unspecified atom stereocenters. The Kier molecular flexibility index (Phi) is 3.40. The third kappa shape index (κ3) is 2.51. The molecule has 1 aromatic heterocycles. The van der Waals surface area contributed by atoms with Crippen LogP contribution >= 0.6 is 0 Å². The van der Waals surface area contributed by atoms with E-state index in [0.29, 0.717) is 5.92 Å². The molecule has 2 nitrogen and oxygen atoms in total. The second-order valence-electron chi connectivity index (χ2n) is 3.74. The van der Waals surface area contributed by atoms with E-state index in [1.807, 2.05) is 6.92 Å². The van der Waals surface area contributed by atoms with Gasteiger partial charge >= 0.3 is 0 Å². The Balaban J connectivity index is 2.88. The zero-order valence-corrected chi connectivity index (χ0v) is 8.96. The van der Waals surface area contributed by atoms with E-state index >= 15 is 0 Å². The third-order valence-corrected chi connectivity index (χ3v) is 2.33. The number of rotatable bonds is 3. The highest BCUT2D eigenvalue weighted by atomic mass is 15.1. The first-order chi connectivity index (χ1) is 6.15. The quantitative estimate of drug-likeness (QED) is 0.711. The molecule has 0 amide bonds. The molecule has 2 heteroatoms. The van der Waals surface area contributed by atoms with E-state index in [1.54, 1.807) is 0 Å². The van der Waals surface area contributed by atoms with Crippen LogP contribution in [0.4, 0.5) is 0 Å². The van der Waals surface area contributed by atoms with Crippen molar-refractivity contribution < 1.29 is 0 Å². The number of aromatic nitrogens is 2. The second-order valence-corrected chi connectivity index (χ2v) is 3.74. The third-order valence-electron chi connectivity index (χ3n) is 2.33. The zero-order valence-electron chi connectivity index (χ0n) is 8.96. The van der Waals surface area contributed by atoms with Crippen molar-refractivity contribution in [3.05, 3.63) is 23.0 Å². The van der Waals surface area contributed by atoms with E-state index < -0.39 is 0 Å². The van der Waals surface area contributed by atoms with Gasteiger partial charge in [0.1, 0.15) is 0 Å². The molecule has 0 saturated carbocycles. The van der Waals surface area contributed by atoms with Crippen LogP contribution in [0.2, 0.25) is 0 Å². The molecular formula is C11H18N2. The first-order valence-corrected chi connectivity index (χ1v) is 4.96. The van der Waals surface area contributed by atoms with Gasteiger partial charge in [0, 0.05) is 5.92 Å². The molecule has 1 aromatic rings. The predicted octanol–water partition coefficient (Wildman–Crippen LogP) is 3.00. The lowest BCUT2D eigenvalue weighted by Crippen LogP contribution is -2.02. The fourth-order valence-electron chi connectivity index (χ4n) is 1.68. The molecule has 0 fully saturated rings. The van der Waals surface area contributed by atoms with Crippen LogP contribution in [-0.2, 0) is 0 Å². The minimum atomic E-state index is 0.540. The van der Waals surface area contributed by atoms with Crippen LogP contribution in [-0.4, -0.2) is 10.2 Å². The number of hydrogen-bond acceptors (Lipinski definition) is 2. The Hall–Kier alpha value is -0.920. The molecule has 1 heterocycles. The Morgan fingerprint density at radius 1 is 1.31 bits per heavy atom. The summed E-state index contributed by atoms with van der Waals surface area (Å²) in [6.45, 7) is 8.51. The van der Waals surface area contributed by atoms with Crippen LogP contribution in [0.25, 0.3) is 0 Å². The molecule has 1 atom stereocenters. The van der Waals surface area contributed by atoms with Gasteiger partial charge in [0.25, 0.3) is 0 Å². The molecule has 0 aromatic carbocycles.